The Hall–Kier alpha value is -3.83. The van der Waals surface area contributed by atoms with Crippen LogP contribution in [0.5, 0.6) is 0 Å². The molecule has 7 rings (SSSR count). The summed E-state index contributed by atoms with van der Waals surface area (Å²) in [6, 6.07) is 37.4. The third kappa shape index (κ3) is 9.39. The van der Waals surface area contributed by atoms with E-state index in [1.807, 2.05) is 98.9 Å². The molecule has 0 spiro atoms. The van der Waals surface area contributed by atoms with Gasteiger partial charge >= 0.3 is 128 Å². The van der Waals surface area contributed by atoms with E-state index in [1.165, 1.54) is 6.20 Å². The van der Waals surface area contributed by atoms with Crippen LogP contribution in [0.2, 0.25) is 17.3 Å². The van der Waals surface area contributed by atoms with Crippen LogP contribution in [0.3, 0.4) is 0 Å². The molecule has 0 N–H and O–H groups in total. The first-order valence-electron chi connectivity index (χ1n) is 20.9. The second-order valence-electron chi connectivity index (χ2n) is 15.2. The largest absolute Gasteiger partial charge is 0 e. The van der Waals surface area contributed by atoms with Crippen LogP contribution < -0.4 is 4.40 Å². The van der Waals surface area contributed by atoms with Crippen LogP contribution in [0.15, 0.2) is 114 Å². The first-order chi connectivity index (χ1) is 27.0. The quantitative estimate of drug-likeness (QED) is 0.118. The molecule has 5 heteroatoms. The molecule has 0 aliphatic rings. The van der Waals surface area contributed by atoms with Crippen molar-refractivity contribution in [2.24, 2.45) is 11.3 Å². The normalized spacial score (nSPS) is 14.5. The van der Waals surface area contributed by atoms with E-state index in [-0.39, 0.29) is 37.2 Å². The van der Waals surface area contributed by atoms with E-state index in [0.29, 0.717) is 16.8 Å². The van der Waals surface area contributed by atoms with Gasteiger partial charge in [0.05, 0.1) is 5.58 Å². The molecule has 7 aromatic rings. The summed E-state index contributed by atoms with van der Waals surface area (Å²) < 4.78 is 66.1. The average Bonchev–Trinajstić information content (AvgIpc) is 3.55. The van der Waals surface area contributed by atoms with Crippen LogP contribution in [-0.2, 0) is 32.9 Å². The summed E-state index contributed by atoms with van der Waals surface area (Å²) in [5.74, 6) is 6.77. The Morgan fingerprint density at radius 2 is 1.52 bits per heavy atom. The maximum absolute atomic E-state index is 8.81. The molecular weight excluding hydrogens is 873 g/mol. The predicted molar refractivity (Wildman–Crippen MR) is 219 cm³/mol. The van der Waals surface area contributed by atoms with E-state index in [4.69, 9.17) is 14.0 Å². The van der Waals surface area contributed by atoms with Gasteiger partial charge in [-0.2, -0.15) is 0 Å². The molecule has 0 saturated carbocycles. The zero-order valence-corrected chi connectivity index (χ0v) is 35.6. The number of furan rings is 1. The Morgan fingerprint density at radius 1 is 0.788 bits per heavy atom. The number of aryl methyl sites for hydroxylation is 1. The Balaban J connectivity index is 0.000000248. The maximum Gasteiger partial charge on any atom is 0 e. The minimum Gasteiger partial charge on any atom is 0 e. The van der Waals surface area contributed by atoms with Gasteiger partial charge in [-0.1, -0.05) is 85.8 Å². The molecule has 3 aromatic heterocycles. The van der Waals surface area contributed by atoms with Crippen LogP contribution in [0, 0.1) is 30.3 Å². The van der Waals surface area contributed by atoms with Crippen molar-refractivity contribution in [2.75, 3.05) is 0 Å². The Bertz CT molecular complexity index is 2560. The molecule has 0 bridgehead atoms. The van der Waals surface area contributed by atoms with Crippen molar-refractivity contribution in [3.8, 4) is 33.6 Å². The number of rotatable bonds is 7. The molecule has 3 nitrogen and oxygen atoms in total. The Labute approximate surface area is 336 Å². The monoisotopic (exact) mass is 932 g/mol. The standard InChI is InChI=1S/C29H26NO.C18H24GeN.Ir/c1-19-18-30-26(15-22(19)17-29(2,3)4)25-12-8-11-24-23-14-13-21(16-27(23)31-28(24)25)20-9-6-5-7-10-20;1-14(2)11-16-12-18(15-9-7-6-8-10-15)20-13-17(16)19(3,4)5;/h5-11,13-16,18H,17H2,1-4H3;6-9,12-14H,11H2,1-5H3;/q2*-1;/i1D3,17D2;11D2;. The minimum atomic E-state index is -2.50. The van der Waals surface area contributed by atoms with Crippen molar-refractivity contribution in [3.05, 3.63) is 138 Å². The summed E-state index contributed by atoms with van der Waals surface area (Å²) in [5.41, 5.74) is 6.11. The maximum atomic E-state index is 8.81. The topological polar surface area (TPSA) is 38.9 Å². The van der Waals surface area contributed by atoms with Gasteiger partial charge in [-0.05, 0) is 47.1 Å². The van der Waals surface area contributed by atoms with Gasteiger partial charge in [0.1, 0.15) is 5.58 Å². The van der Waals surface area contributed by atoms with E-state index < -0.39 is 38.3 Å². The molecular formula is C47H50GeIrN2O-2. The molecule has 0 aliphatic heterocycles. The number of fused-ring (bicyclic) bond motifs is 3. The zero-order chi connectivity index (χ0) is 42.4. The zero-order valence-electron chi connectivity index (χ0n) is 38.1. The van der Waals surface area contributed by atoms with Gasteiger partial charge in [-0.3, -0.25) is 0 Å². The van der Waals surface area contributed by atoms with Gasteiger partial charge < -0.3 is 9.40 Å². The van der Waals surface area contributed by atoms with Crippen LogP contribution in [0.1, 0.15) is 60.9 Å². The molecule has 4 aromatic carbocycles. The average molecular weight is 931 g/mol. The van der Waals surface area contributed by atoms with Crippen molar-refractivity contribution in [2.45, 2.75) is 71.5 Å². The second kappa shape index (κ2) is 16.5. The molecule has 52 heavy (non-hydrogen) atoms. The van der Waals surface area contributed by atoms with E-state index in [1.54, 1.807) is 32.9 Å². The first-order valence-corrected chi connectivity index (χ1v) is 24.8. The van der Waals surface area contributed by atoms with E-state index in [2.05, 4.69) is 45.4 Å². The van der Waals surface area contributed by atoms with Crippen LogP contribution in [0.25, 0.3) is 55.6 Å². The Kier molecular flexibility index (Phi) is 9.69. The second-order valence-corrected chi connectivity index (χ2v) is 25.8. The van der Waals surface area contributed by atoms with Gasteiger partial charge in [-0.15, -0.1) is 18.2 Å². The summed E-state index contributed by atoms with van der Waals surface area (Å²) in [4.78, 5) is 9.04. The molecule has 0 saturated heterocycles. The number of hydrogen-bond acceptors (Lipinski definition) is 3. The van der Waals surface area contributed by atoms with Crippen LogP contribution in [0.4, 0.5) is 0 Å². The van der Waals surface area contributed by atoms with Crippen LogP contribution in [-0.4, -0.2) is 23.2 Å². The third-order valence-corrected chi connectivity index (χ3v) is 12.6. The number of nitrogens with zero attached hydrogens (tertiary/aromatic N) is 2. The summed E-state index contributed by atoms with van der Waals surface area (Å²) in [6.45, 7) is 6.65. The molecule has 0 amide bonds. The molecule has 0 aliphatic carbocycles. The summed E-state index contributed by atoms with van der Waals surface area (Å²) in [5, 5.41) is 1.84. The molecule has 0 fully saturated rings. The SMILES string of the molecule is [2H]C([2H])([2H])c1cnc(-c2[c-]ccc3c2oc2cc(-c4ccccc4)ccc23)cc1C([2H])([2H])C(C)(C)C.[2H]C([2H])(c1cc(-c2[c-]cccc2)nc[c]1[Ge]([CH3])([CH3])[CH3])C(C)C.[Ir]. The summed E-state index contributed by atoms with van der Waals surface area (Å²) in [7, 11) is 0. The first kappa shape index (κ1) is 30.6. The van der Waals surface area contributed by atoms with Crippen LogP contribution >= 0.6 is 0 Å². The number of pyridine rings is 2. The number of aromatic nitrogens is 2. The number of hydrogen-bond donors (Lipinski definition) is 0. The number of benzene rings is 4. The van der Waals surface area contributed by atoms with Gasteiger partial charge in [0.2, 0.25) is 0 Å². The fraction of sp³-hybridized carbons (Fsp3) is 0.277. The van der Waals surface area contributed by atoms with Gasteiger partial charge in [0.25, 0.3) is 0 Å². The molecule has 1 radical (unpaired) electrons. The molecule has 0 atom stereocenters. The van der Waals surface area contributed by atoms with Gasteiger partial charge in [0.15, 0.2) is 0 Å². The van der Waals surface area contributed by atoms with E-state index in [0.717, 1.165) is 48.7 Å². The van der Waals surface area contributed by atoms with Crippen molar-refractivity contribution in [1.82, 2.24) is 9.97 Å². The van der Waals surface area contributed by atoms with Crippen molar-refractivity contribution >= 4 is 39.6 Å². The van der Waals surface area contributed by atoms with Gasteiger partial charge in [-0.25, -0.2) is 0 Å². The van der Waals surface area contributed by atoms with Gasteiger partial charge in [0, 0.05) is 38.5 Å². The van der Waals surface area contributed by atoms with Crippen molar-refractivity contribution < 1.29 is 34.1 Å². The smallest absolute Gasteiger partial charge is 0 e. The molecule has 3 heterocycles. The molecule has 269 valence electrons. The van der Waals surface area contributed by atoms with Crippen molar-refractivity contribution in [3.63, 3.8) is 0 Å². The van der Waals surface area contributed by atoms with E-state index >= 15 is 0 Å². The van der Waals surface area contributed by atoms with E-state index in [9.17, 15) is 0 Å². The Morgan fingerprint density at radius 3 is 2.19 bits per heavy atom. The fourth-order valence-corrected chi connectivity index (χ4v) is 8.97. The summed E-state index contributed by atoms with van der Waals surface area (Å²) in [6.07, 6.45) is -0.0864. The minimum absolute atomic E-state index is 0. The predicted octanol–water partition coefficient (Wildman–Crippen LogP) is 12.3. The fourth-order valence-electron chi connectivity index (χ4n) is 6.02. The summed E-state index contributed by atoms with van der Waals surface area (Å²) >= 11 is -2.20. The molecule has 0 unspecified atom stereocenters. The van der Waals surface area contributed by atoms with Crippen molar-refractivity contribution in [1.29, 1.82) is 0 Å². The third-order valence-electron chi connectivity index (χ3n) is 8.35.